The number of halogens is 9. The van der Waals surface area contributed by atoms with Crippen LogP contribution in [0.25, 0.3) is 22.3 Å². The molecular weight excluding hydrogens is 867 g/mol. The van der Waals surface area contributed by atoms with Gasteiger partial charge in [0.05, 0.1) is 16.1 Å². The predicted octanol–water partition coefficient (Wildman–Crippen LogP) is 11.9. The summed E-state index contributed by atoms with van der Waals surface area (Å²) in [5.41, 5.74) is 3.27. The van der Waals surface area contributed by atoms with Crippen LogP contribution in [0.15, 0.2) is 57.5 Å². The molecule has 0 radical (unpaired) electrons. The molecule has 0 aromatic heterocycles. The summed E-state index contributed by atoms with van der Waals surface area (Å²) in [5.74, 6) is -1.87. The van der Waals surface area contributed by atoms with Crippen LogP contribution >= 0.6 is 79.1 Å². The Hall–Kier alpha value is -1.34. The molecule has 0 spiro atoms. The van der Waals surface area contributed by atoms with Crippen LogP contribution in [-0.2, 0) is 0 Å². The van der Waals surface area contributed by atoms with E-state index in [4.69, 9.17) is 4.74 Å². The molecule has 0 aliphatic rings. The minimum absolute atomic E-state index is 0.0113. The smallest absolute Gasteiger partial charge is 0.369 e. The van der Waals surface area contributed by atoms with E-state index >= 15 is 0 Å². The van der Waals surface area contributed by atoms with Crippen molar-refractivity contribution in [1.29, 1.82) is 0 Å². The summed E-state index contributed by atoms with van der Waals surface area (Å²) in [6.07, 6.45) is 0. The van der Waals surface area contributed by atoms with Gasteiger partial charge in [-0.25, -0.2) is 17.6 Å². The highest BCUT2D eigenvalue weighted by molar-refractivity contribution is 9.69. The Morgan fingerprint density at radius 3 is 1.46 bits per heavy atom. The van der Waals surface area contributed by atoms with Gasteiger partial charge in [-0.15, -0.1) is 47.3 Å². The Bertz CT molecular complexity index is 1550. The van der Waals surface area contributed by atoms with E-state index in [9.17, 15) is 22.7 Å². The third-order valence-electron chi connectivity index (χ3n) is 5.82. The Balaban J connectivity index is 0.000000254. The third-order valence-corrected chi connectivity index (χ3v) is 7.01. The number of benzene rings is 4. The van der Waals surface area contributed by atoms with Crippen LogP contribution in [0.1, 0.15) is 22.3 Å². The van der Waals surface area contributed by atoms with Crippen molar-refractivity contribution in [3.05, 3.63) is 103 Å². The van der Waals surface area contributed by atoms with E-state index in [1.54, 1.807) is 12.1 Å². The van der Waals surface area contributed by atoms with Crippen LogP contribution in [0, 0.1) is 51.0 Å². The van der Waals surface area contributed by atoms with Crippen molar-refractivity contribution in [2.45, 2.75) is 27.7 Å². The predicted molar refractivity (Wildman–Crippen MR) is 179 cm³/mol. The number of rotatable bonds is 3. The standard InChI is InChI=1S/C15H13BrF2O.C14H11BrF2O.BBr3/c1-8-6-11(15(19-3)12(16)7-8)10-4-5-13(17)9(2)14(10)18;1-7-5-10(14(18)11(15)6-7)9-3-4-12(16)8(2)13(9)17;2-1(3)4/h4-7H,1-3H3;3-6,18H,1-2H3;. The summed E-state index contributed by atoms with van der Waals surface area (Å²) in [4.78, 5) is 0. The van der Waals surface area contributed by atoms with Gasteiger partial charge in [0.2, 0.25) is 0 Å². The van der Waals surface area contributed by atoms with Crippen molar-refractivity contribution in [1.82, 2.24) is 0 Å². The molecule has 0 bridgehead atoms. The van der Waals surface area contributed by atoms with Crippen molar-refractivity contribution < 1.29 is 27.4 Å². The van der Waals surface area contributed by atoms with Crippen molar-refractivity contribution >= 4 is 82.3 Å². The molecule has 0 heterocycles. The number of phenols is 1. The zero-order valence-electron chi connectivity index (χ0n) is 22.5. The Morgan fingerprint density at radius 2 is 1.02 bits per heavy atom. The van der Waals surface area contributed by atoms with Crippen LogP contribution < -0.4 is 4.74 Å². The number of aryl methyl sites for hydroxylation is 2. The minimum Gasteiger partial charge on any atom is -0.506 e. The third kappa shape index (κ3) is 9.32. The zero-order chi connectivity index (χ0) is 31.2. The van der Waals surface area contributed by atoms with E-state index in [1.807, 2.05) is 26.0 Å². The summed E-state index contributed by atoms with van der Waals surface area (Å²) in [6, 6.07) is 12.3. The molecule has 0 fully saturated rings. The molecule has 1 N–H and O–H groups in total. The number of aromatic hydroxyl groups is 1. The molecule has 0 aliphatic carbocycles. The van der Waals surface area contributed by atoms with Gasteiger partial charge in [0.1, 0.15) is 34.8 Å². The van der Waals surface area contributed by atoms with Gasteiger partial charge < -0.3 is 9.84 Å². The summed E-state index contributed by atoms with van der Waals surface area (Å²) in [5, 5.41) is 9.95. The van der Waals surface area contributed by atoms with Gasteiger partial charge in [0.15, 0.2) is 0 Å². The molecule has 0 saturated heterocycles. The zero-order valence-corrected chi connectivity index (χ0v) is 30.4. The summed E-state index contributed by atoms with van der Waals surface area (Å²) in [7, 11) is 1.52. The van der Waals surface area contributed by atoms with Gasteiger partial charge in [-0.2, -0.15) is 0 Å². The van der Waals surface area contributed by atoms with E-state index in [-0.39, 0.29) is 25.6 Å². The van der Waals surface area contributed by atoms with Gasteiger partial charge in [-0.3, -0.25) is 0 Å². The first-order chi connectivity index (χ1) is 19.1. The highest BCUT2D eigenvalue weighted by Crippen LogP contribution is 2.40. The number of ether oxygens (including phenoxy) is 1. The highest BCUT2D eigenvalue weighted by atomic mass is 79.9. The molecule has 12 heteroatoms. The van der Waals surface area contributed by atoms with Gasteiger partial charge in [-0.1, -0.05) is 0 Å². The highest BCUT2D eigenvalue weighted by Gasteiger charge is 2.18. The van der Waals surface area contributed by atoms with Crippen molar-refractivity contribution in [3.63, 3.8) is 0 Å². The fraction of sp³-hybridized carbons (Fsp3) is 0.172. The van der Waals surface area contributed by atoms with E-state index in [1.165, 1.54) is 45.2 Å². The molecule has 4 aromatic rings. The maximum Gasteiger partial charge on any atom is 0.369 e. The Kier molecular flexibility index (Phi) is 13.9. The molecule has 218 valence electrons. The summed E-state index contributed by atoms with van der Waals surface area (Å²) in [6.45, 7) is 6.53. The topological polar surface area (TPSA) is 29.5 Å². The van der Waals surface area contributed by atoms with Gasteiger partial charge in [0.25, 0.3) is 0 Å². The van der Waals surface area contributed by atoms with E-state index < -0.39 is 23.3 Å². The molecule has 4 rings (SSSR count). The summed E-state index contributed by atoms with van der Waals surface area (Å²) < 4.78 is 61.6. The van der Waals surface area contributed by atoms with Crippen LogP contribution in [0.2, 0.25) is 0 Å². The lowest BCUT2D eigenvalue weighted by Gasteiger charge is -2.14. The lowest BCUT2D eigenvalue weighted by molar-refractivity contribution is 0.413. The van der Waals surface area contributed by atoms with Crippen molar-refractivity contribution in [2.75, 3.05) is 7.11 Å². The normalized spacial score (nSPS) is 10.3. The molecule has 0 aliphatic heterocycles. The monoisotopic (exact) mass is 886 g/mol. The van der Waals surface area contributed by atoms with E-state index in [2.05, 4.69) is 79.1 Å². The van der Waals surface area contributed by atoms with E-state index in [0.717, 1.165) is 15.6 Å². The first-order valence-corrected chi connectivity index (χ1v) is 16.1. The maximum atomic E-state index is 14.2. The molecule has 4 aromatic carbocycles. The largest absolute Gasteiger partial charge is 0.506 e. The van der Waals surface area contributed by atoms with Gasteiger partial charge >= 0.3 is 3.18 Å². The molecule has 41 heavy (non-hydrogen) atoms. The Morgan fingerprint density at radius 1 is 0.634 bits per heavy atom. The van der Waals surface area contributed by atoms with Crippen LogP contribution in [-0.4, -0.2) is 15.4 Å². The molecule has 0 unspecified atom stereocenters. The molecule has 0 saturated carbocycles. The first kappa shape index (κ1) is 35.9. The second-order valence-electron chi connectivity index (χ2n) is 8.79. The minimum atomic E-state index is -0.650. The number of hydrogen-bond donors (Lipinski definition) is 1. The number of phenolic OH excluding ortho intramolecular Hbond substituents is 1. The summed E-state index contributed by atoms with van der Waals surface area (Å²) >= 11 is 15.9. The SMILES string of the molecule is BrB(Br)Br.COc1c(Br)cc(C)cc1-c1ccc(F)c(C)c1F.Cc1cc(Br)c(O)c(-c2ccc(F)c(C)c2F)c1. The van der Waals surface area contributed by atoms with Crippen molar-refractivity contribution in [2.24, 2.45) is 0 Å². The van der Waals surface area contributed by atoms with E-state index in [0.29, 0.717) is 26.9 Å². The van der Waals surface area contributed by atoms with Crippen LogP contribution in [0.3, 0.4) is 0 Å². The maximum absolute atomic E-state index is 14.2. The van der Waals surface area contributed by atoms with Gasteiger partial charge in [0, 0.05) is 33.4 Å². The lowest BCUT2D eigenvalue weighted by atomic mass is 9.99. The number of methoxy groups -OCH3 is 1. The first-order valence-electron chi connectivity index (χ1n) is 11.8. The molecule has 2 nitrogen and oxygen atoms in total. The molecule has 0 atom stereocenters. The van der Waals surface area contributed by atoms with Crippen LogP contribution in [0.4, 0.5) is 17.6 Å². The fourth-order valence-corrected chi connectivity index (χ4v) is 5.13. The number of hydrogen-bond acceptors (Lipinski definition) is 2. The van der Waals surface area contributed by atoms with Crippen LogP contribution in [0.5, 0.6) is 11.5 Å². The second-order valence-corrected chi connectivity index (χ2v) is 16.9. The lowest BCUT2D eigenvalue weighted by Crippen LogP contribution is -1.96. The molecule has 0 amide bonds. The fourth-order valence-electron chi connectivity index (χ4n) is 3.82. The second kappa shape index (κ2) is 15.9. The Labute approximate surface area is 279 Å². The van der Waals surface area contributed by atoms with Crippen molar-refractivity contribution in [3.8, 4) is 33.8 Å². The average molecular weight is 891 g/mol. The quantitative estimate of drug-likeness (QED) is 0.164. The molecular formula is C29H24BBr5F4O2. The van der Waals surface area contributed by atoms with Gasteiger partial charge in [-0.05, 0) is 119 Å². The average Bonchev–Trinajstić information content (AvgIpc) is 2.88.